The van der Waals surface area contributed by atoms with Gasteiger partial charge in [-0.05, 0) is 35.8 Å². The van der Waals surface area contributed by atoms with Gasteiger partial charge in [0.1, 0.15) is 12.4 Å². The monoisotopic (exact) mass is 394 g/mol. The van der Waals surface area contributed by atoms with Crippen LogP contribution in [0.4, 0.5) is 0 Å². The number of carboxylic acids is 1. The molecule has 0 heterocycles. The van der Waals surface area contributed by atoms with E-state index in [0.717, 1.165) is 41.7 Å². The number of carboxylic acid groups (broad SMARTS) is 1. The van der Waals surface area contributed by atoms with Gasteiger partial charge in [-0.15, -0.1) is 11.8 Å². The molecule has 152 valence electrons. The Bertz CT molecular complexity index is 635. The second kappa shape index (κ2) is 8.44. The average Bonchev–Trinajstić information content (AvgIpc) is 2.53. The summed E-state index contributed by atoms with van der Waals surface area (Å²) >= 11 is 1.76. The van der Waals surface area contributed by atoms with Crippen molar-refractivity contribution in [2.24, 2.45) is 0 Å². The normalized spacial score (nSPS) is 21.3. The summed E-state index contributed by atoms with van der Waals surface area (Å²) < 4.78 is 5.68. The SMILES string of the molecule is CC(C)(C)c1cc(SC2CCCCC2OCC(=O)O)cc(C(C)(C)C)c1O. The first-order valence-electron chi connectivity index (χ1n) is 9.77. The van der Waals surface area contributed by atoms with E-state index in [9.17, 15) is 9.90 Å². The van der Waals surface area contributed by atoms with Crippen LogP contribution in [0.25, 0.3) is 0 Å². The van der Waals surface area contributed by atoms with E-state index in [2.05, 4.69) is 53.7 Å². The fraction of sp³-hybridized carbons (Fsp3) is 0.682. The van der Waals surface area contributed by atoms with Crippen LogP contribution in [-0.2, 0) is 20.4 Å². The molecule has 1 aromatic rings. The summed E-state index contributed by atoms with van der Waals surface area (Å²) in [5.74, 6) is -0.527. The largest absolute Gasteiger partial charge is 0.507 e. The number of aliphatic carboxylic acids is 1. The zero-order chi connectivity index (χ0) is 20.4. The molecule has 2 N–H and O–H groups in total. The number of rotatable bonds is 5. The third-order valence-electron chi connectivity index (χ3n) is 5.05. The quantitative estimate of drug-likeness (QED) is 0.691. The van der Waals surface area contributed by atoms with E-state index in [4.69, 9.17) is 9.84 Å². The lowest BCUT2D eigenvalue weighted by Crippen LogP contribution is -2.32. The molecular formula is C22H34O4S. The molecule has 0 radical (unpaired) electrons. The van der Waals surface area contributed by atoms with Crippen molar-refractivity contribution in [1.29, 1.82) is 0 Å². The molecule has 1 aliphatic rings. The fourth-order valence-electron chi connectivity index (χ4n) is 3.56. The summed E-state index contributed by atoms with van der Waals surface area (Å²) in [4.78, 5) is 12.0. The molecule has 2 unspecified atom stereocenters. The van der Waals surface area contributed by atoms with Crippen molar-refractivity contribution in [3.8, 4) is 5.75 Å². The van der Waals surface area contributed by atoms with E-state index in [0.29, 0.717) is 5.75 Å². The Morgan fingerprint density at radius 1 is 1.07 bits per heavy atom. The van der Waals surface area contributed by atoms with Crippen LogP contribution in [0.5, 0.6) is 5.75 Å². The number of thioether (sulfide) groups is 1. The Morgan fingerprint density at radius 3 is 2.07 bits per heavy atom. The Balaban J connectivity index is 2.35. The van der Waals surface area contributed by atoms with Crippen LogP contribution in [0.2, 0.25) is 0 Å². The third kappa shape index (κ3) is 5.89. The average molecular weight is 395 g/mol. The lowest BCUT2D eigenvalue weighted by atomic mass is 9.79. The molecule has 2 atom stereocenters. The van der Waals surface area contributed by atoms with E-state index in [1.165, 1.54) is 0 Å². The van der Waals surface area contributed by atoms with Crippen molar-refractivity contribution in [2.75, 3.05) is 6.61 Å². The highest BCUT2D eigenvalue weighted by atomic mass is 32.2. The number of carbonyl (C=O) groups is 1. The maximum absolute atomic E-state index is 10.9. The summed E-state index contributed by atoms with van der Waals surface area (Å²) in [7, 11) is 0. The minimum Gasteiger partial charge on any atom is -0.507 e. The van der Waals surface area contributed by atoms with Gasteiger partial charge in [-0.3, -0.25) is 0 Å². The van der Waals surface area contributed by atoms with Gasteiger partial charge in [0.2, 0.25) is 0 Å². The topological polar surface area (TPSA) is 66.8 Å². The lowest BCUT2D eigenvalue weighted by molar-refractivity contribution is -0.144. The van der Waals surface area contributed by atoms with Crippen molar-refractivity contribution in [3.05, 3.63) is 23.3 Å². The fourth-order valence-corrected chi connectivity index (χ4v) is 4.93. The van der Waals surface area contributed by atoms with Crippen molar-refractivity contribution in [3.63, 3.8) is 0 Å². The van der Waals surface area contributed by atoms with E-state index in [1.54, 1.807) is 11.8 Å². The maximum Gasteiger partial charge on any atom is 0.329 e. The minimum atomic E-state index is -0.918. The Kier molecular flexibility index (Phi) is 6.91. The smallest absolute Gasteiger partial charge is 0.329 e. The summed E-state index contributed by atoms with van der Waals surface area (Å²) in [5, 5.41) is 20.1. The van der Waals surface area contributed by atoms with Gasteiger partial charge in [-0.1, -0.05) is 54.4 Å². The summed E-state index contributed by atoms with van der Waals surface area (Å²) in [5.41, 5.74) is 1.59. The van der Waals surface area contributed by atoms with E-state index < -0.39 is 5.97 Å². The predicted molar refractivity (Wildman–Crippen MR) is 111 cm³/mol. The number of benzene rings is 1. The highest BCUT2D eigenvalue weighted by molar-refractivity contribution is 8.00. The zero-order valence-electron chi connectivity index (χ0n) is 17.5. The molecule has 4 nitrogen and oxygen atoms in total. The highest BCUT2D eigenvalue weighted by Crippen LogP contribution is 2.44. The molecule has 27 heavy (non-hydrogen) atoms. The zero-order valence-corrected chi connectivity index (χ0v) is 18.3. The van der Waals surface area contributed by atoms with E-state index in [-0.39, 0.29) is 28.8 Å². The van der Waals surface area contributed by atoms with Crippen LogP contribution >= 0.6 is 11.8 Å². The molecule has 1 aliphatic carbocycles. The van der Waals surface area contributed by atoms with Crippen LogP contribution in [0.3, 0.4) is 0 Å². The molecule has 5 heteroatoms. The molecule has 0 bridgehead atoms. The van der Waals surface area contributed by atoms with Crippen LogP contribution < -0.4 is 0 Å². The number of aromatic hydroxyl groups is 1. The first-order valence-corrected chi connectivity index (χ1v) is 10.7. The molecule has 1 aromatic carbocycles. The van der Waals surface area contributed by atoms with Crippen molar-refractivity contribution in [2.45, 2.75) is 94.3 Å². The molecule has 0 aliphatic heterocycles. The Hall–Kier alpha value is -1.20. The summed E-state index contributed by atoms with van der Waals surface area (Å²) in [6, 6.07) is 4.19. The van der Waals surface area contributed by atoms with Gasteiger partial charge >= 0.3 is 5.97 Å². The standard InChI is InChI=1S/C22H34O4S/c1-21(2,3)15-11-14(12-16(20(15)25)22(4,5)6)27-18-10-8-7-9-17(18)26-13-19(23)24/h11-12,17-18,25H,7-10,13H2,1-6H3,(H,23,24). The molecule has 1 saturated carbocycles. The van der Waals surface area contributed by atoms with Gasteiger partial charge in [0.05, 0.1) is 6.10 Å². The highest BCUT2D eigenvalue weighted by Gasteiger charge is 2.30. The Labute approximate surface area is 167 Å². The molecule has 0 aromatic heterocycles. The number of phenolic OH excluding ortho intramolecular Hbond substituents is 1. The van der Waals surface area contributed by atoms with Crippen LogP contribution in [0.1, 0.15) is 78.4 Å². The van der Waals surface area contributed by atoms with Crippen LogP contribution in [0.15, 0.2) is 17.0 Å². The predicted octanol–water partition coefficient (Wildman–Crippen LogP) is 5.49. The van der Waals surface area contributed by atoms with Gasteiger partial charge in [0.25, 0.3) is 0 Å². The minimum absolute atomic E-state index is 0.0372. The van der Waals surface area contributed by atoms with Crippen molar-refractivity contribution < 1.29 is 19.7 Å². The number of phenols is 1. The molecule has 2 rings (SSSR count). The lowest BCUT2D eigenvalue weighted by Gasteiger charge is -2.32. The molecule has 0 saturated heterocycles. The van der Waals surface area contributed by atoms with Gasteiger partial charge < -0.3 is 14.9 Å². The van der Waals surface area contributed by atoms with Gasteiger partial charge in [0.15, 0.2) is 0 Å². The number of hydrogen-bond donors (Lipinski definition) is 2. The second-order valence-electron chi connectivity index (χ2n) is 9.55. The second-order valence-corrected chi connectivity index (χ2v) is 10.9. The van der Waals surface area contributed by atoms with Gasteiger partial charge in [-0.2, -0.15) is 0 Å². The summed E-state index contributed by atoms with van der Waals surface area (Å²) in [6.45, 7) is 12.4. The van der Waals surface area contributed by atoms with E-state index >= 15 is 0 Å². The van der Waals surface area contributed by atoms with E-state index in [1.807, 2.05) is 0 Å². The number of hydrogen-bond acceptors (Lipinski definition) is 4. The van der Waals surface area contributed by atoms with Crippen molar-refractivity contribution in [1.82, 2.24) is 0 Å². The Morgan fingerprint density at radius 2 is 1.59 bits per heavy atom. The molecule has 0 spiro atoms. The first kappa shape index (κ1) is 22.1. The third-order valence-corrected chi connectivity index (χ3v) is 6.40. The van der Waals surface area contributed by atoms with Gasteiger partial charge in [-0.25, -0.2) is 4.79 Å². The molecular weight excluding hydrogens is 360 g/mol. The molecule has 0 amide bonds. The number of ether oxygens (including phenoxy) is 1. The summed E-state index contributed by atoms with van der Waals surface area (Å²) in [6.07, 6.45) is 4.11. The first-order chi connectivity index (χ1) is 12.4. The van der Waals surface area contributed by atoms with Crippen molar-refractivity contribution >= 4 is 17.7 Å². The van der Waals surface area contributed by atoms with Crippen LogP contribution in [0, 0.1) is 0 Å². The van der Waals surface area contributed by atoms with Crippen LogP contribution in [-0.4, -0.2) is 34.1 Å². The maximum atomic E-state index is 10.9. The molecule has 1 fully saturated rings. The van der Waals surface area contributed by atoms with Gasteiger partial charge in [0, 0.05) is 21.3 Å².